The van der Waals surface area contributed by atoms with Crippen molar-refractivity contribution in [2.75, 3.05) is 0 Å². The first-order chi connectivity index (χ1) is 8.72. The second kappa shape index (κ2) is 4.53. The Hall–Kier alpha value is -1.10. The molecule has 3 rings (SSSR count). The molecule has 0 amide bonds. The normalized spacial score (nSPS) is 15.1. The van der Waals surface area contributed by atoms with Crippen molar-refractivity contribution in [2.24, 2.45) is 0 Å². The fraction of sp³-hybridized carbons (Fsp3) is 0.333. The zero-order valence-corrected chi connectivity index (χ0v) is 11.0. The largest absolute Gasteiger partial charge is 0.390 e. The number of benzene rings is 1. The molecule has 1 aromatic heterocycles. The van der Waals surface area contributed by atoms with Crippen molar-refractivity contribution in [3.63, 3.8) is 0 Å². The summed E-state index contributed by atoms with van der Waals surface area (Å²) in [6.45, 7) is -0.125. The van der Waals surface area contributed by atoms with Gasteiger partial charge in [-0.05, 0) is 25.0 Å². The van der Waals surface area contributed by atoms with E-state index in [1.54, 1.807) is 22.9 Å². The second-order valence-corrected chi connectivity index (χ2v) is 5.13. The first-order valence-corrected chi connectivity index (χ1v) is 6.47. The van der Waals surface area contributed by atoms with Crippen molar-refractivity contribution >= 4 is 23.2 Å². The number of hydrogen-bond acceptors (Lipinski definition) is 3. The molecule has 4 nitrogen and oxygen atoms in total. The van der Waals surface area contributed by atoms with Crippen molar-refractivity contribution in [1.82, 2.24) is 15.0 Å². The summed E-state index contributed by atoms with van der Waals surface area (Å²) in [5.74, 6) is 0. The van der Waals surface area contributed by atoms with Gasteiger partial charge in [0.25, 0.3) is 0 Å². The lowest BCUT2D eigenvalue weighted by molar-refractivity contribution is 0.268. The van der Waals surface area contributed by atoms with Crippen LogP contribution >= 0.6 is 23.2 Å². The molecule has 1 fully saturated rings. The van der Waals surface area contributed by atoms with Gasteiger partial charge in [-0.25, -0.2) is 4.68 Å². The fourth-order valence-corrected chi connectivity index (χ4v) is 2.57. The van der Waals surface area contributed by atoms with Crippen molar-refractivity contribution in [3.05, 3.63) is 33.9 Å². The molecule has 1 aliphatic rings. The quantitative estimate of drug-likeness (QED) is 0.942. The molecule has 1 aliphatic carbocycles. The van der Waals surface area contributed by atoms with E-state index in [9.17, 15) is 5.11 Å². The summed E-state index contributed by atoms with van der Waals surface area (Å²) in [5.41, 5.74) is 1.88. The smallest absolute Gasteiger partial charge is 0.121 e. The second-order valence-electron chi connectivity index (χ2n) is 4.32. The summed E-state index contributed by atoms with van der Waals surface area (Å²) in [6, 6.07) is 5.63. The number of rotatable bonds is 3. The van der Waals surface area contributed by atoms with Gasteiger partial charge in [-0.3, -0.25) is 0 Å². The Balaban J connectivity index is 2.16. The third kappa shape index (κ3) is 1.90. The van der Waals surface area contributed by atoms with Crippen LogP contribution in [0, 0.1) is 0 Å². The lowest BCUT2D eigenvalue weighted by Gasteiger charge is -2.06. The Bertz CT molecular complexity index is 573. The van der Waals surface area contributed by atoms with Crippen LogP contribution in [0.25, 0.3) is 11.3 Å². The molecule has 0 aliphatic heterocycles. The van der Waals surface area contributed by atoms with Crippen LogP contribution in [0.15, 0.2) is 18.2 Å². The Morgan fingerprint density at radius 1 is 1.28 bits per heavy atom. The minimum atomic E-state index is -0.125. The van der Waals surface area contributed by atoms with Crippen LogP contribution < -0.4 is 0 Å². The molecule has 0 bridgehead atoms. The highest BCUT2D eigenvalue weighted by Gasteiger charge is 2.29. The van der Waals surface area contributed by atoms with E-state index in [1.165, 1.54) is 0 Å². The van der Waals surface area contributed by atoms with Crippen molar-refractivity contribution in [2.45, 2.75) is 25.5 Å². The number of aromatic nitrogens is 3. The maximum atomic E-state index is 9.52. The average molecular weight is 284 g/mol. The number of aliphatic hydroxyl groups is 1. The standard InChI is InChI=1S/C12H11Cl2N3O/c13-8-2-1-3-9(14)11(8)12-10(6-18)17(16-15-12)7-4-5-7/h1-3,7,18H,4-6H2. The Morgan fingerprint density at radius 2 is 1.94 bits per heavy atom. The molecule has 6 heteroatoms. The molecule has 1 heterocycles. The van der Waals surface area contributed by atoms with E-state index in [1.807, 2.05) is 0 Å². The van der Waals surface area contributed by atoms with Crippen LogP contribution in [0.4, 0.5) is 0 Å². The van der Waals surface area contributed by atoms with Crippen LogP contribution in [0.5, 0.6) is 0 Å². The minimum absolute atomic E-state index is 0.125. The van der Waals surface area contributed by atoms with Gasteiger partial charge < -0.3 is 5.11 Å². The van der Waals surface area contributed by atoms with Gasteiger partial charge in [-0.2, -0.15) is 0 Å². The highest BCUT2D eigenvalue weighted by Crippen LogP contribution is 2.40. The molecule has 2 aromatic rings. The minimum Gasteiger partial charge on any atom is -0.390 e. The van der Waals surface area contributed by atoms with Gasteiger partial charge in [0.2, 0.25) is 0 Å². The number of nitrogens with zero attached hydrogens (tertiary/aromatic N) is 3. The lowest BCUT2D eigenvalue weighted by atomic mass is 10.1. The van der Waals surface area contributed by atoms with E-state index >= 15 is 0 Å². The highest BCUT2D eigenvalue weighted by molar-refractivity contribution is 6.39. The Labute approximate surface area is 114 Å². The first kappa shape index (κ1) is 12.0. The van der Waals surface area contributed by atoms with E-state index in [4.69, 9.17) is 23.2 Å². The topological polar surface area (TPSA) is 50.9 Å². The molecule has 94 valence electrons. The van der Waals surface area contributed by atoms with E-state index < -0.39 is 0 Å². The summed E-state index contributed by atoms with van der Waals surface area (Å²) >= 11 is 12.3. The Morgan fingerprint density at radius 3 is 2.50 bits per heavy atom. The van der Waals surface area contributed by atoms with Crippen molar-refractivity contribution < 1.29 is 5.11 Å². The zero-order valence-electron chi connectivity index (χ0n) is 9.48. The third-order valence-corrected chi connectivity index (χ3v) is 3.66. The zero-order chi connectivity index (χ0) is 12.7. The van der Waals surface area contributed by atoms with E-state index in [0.29, 0.717) is 33.0 Å². The van der Waals surface area contributed by atoms with Crippen LogP contribution in [0.3, 0.4) is 0 Å². The molecule has 0 radical (unpaired) electrons. The molecule has 0 atom stereocenters. The summed E-state index contributed by atoms with van der Waals surface area (Å²) in [4.78, 5) is 0. The van der Waals surface area contributed by atoms with E-state index in [0.717, 1.165) is 12.8 Å². The molecule has 0 spiro atoms. The molecule has 18 heavy (non-hydrogen) atoms. The molecule has 1 N–H and O–H groups in total. The van der Waals surface area contributed by atoms with Gasteiger partial charge in [0, 0.05) is 5.56 Å². The van der Waals surface area contributed by atoms with Gasteiger partial charge >= 0.3 is 0 Å². The molecule has 0 saturated heterocycles. The first-order valence-electron chi connectivity index (χ1n) is 5.71. The van der Waals surface area contributed by atoms with E-state index in [2.05, 4.69) is 10.3 Å². The van der Waals surface area contributed by atoms with Crippen molar-refractivity contribution in [1.29, 1.82) is 0 Å². The summed E-state index contributed by atoms with van der Waals surface area (Å²) in [5, 5.41) is 18.8. The highest BCUT2D eigenvalue weighted by atomic mass is 35.5. The van der Waals surface area contributed by atoms with Gasteiger partial charge in [-0.1, -0.05) is 34.5 Å². The predicted octanol–water partition coefficient (Wildman–Crippen LogP) is 3.08. The Kier molecular flexibility index (Phi) is 3.01. The number of aliphatic hydroxyl groups excluding tert-OH is 1. The van der Waals surface area contributed by atoms with Crippen LogP contribution in [0.2, 0.25) is 10.0 Å². The average Bonchev–Trinajstić information content (AvgIpc) is 3.10. The number of hydrogen-bond donors (Lipinski definition) is 1. The number of halogens is 2. The van der Waals surface area contributed by atoms with Gasteiger partial charge in [-0.15, -0.1) is 5.10 Å². The summed E-state index contributed by atoms with van der Waals surface area (Å²) in [7, 11) is 0. The van der Waals surface area contributed by atoms with Crippen LogP contribution in [-0.2, 0) is 6.61 Å². The fourth-order valence-electron chi connectivity index (χ4n) is 1.99. The lowest BCUT2D eigenvalue weighted by Crippen LogP contribution is -2.03. The molecule has 0 unspecified atom stereocenters. The molecule has 1 aromatic carbocycles. The third-order valence-electron chi connectivity index (χ3n) is 3.03. The SMILES string of the molecule is OCc1c(-c2c(Cl)cccc2Cl)nnn1C1CC1. The van der Waals surface area contributed by atoms with Gasteiger partial charge in [0.05, 0.1) is 28.4 Å². The molecule has 1 saturated carbocycles. The molecular formula is C12H11Cl2N3O. The van der Waals surface area contributed by atoms with Gasteiger partial charge in [0.1, 0.15) is 5.69 Å². The van der Waals surface area contributed by atoms with Crippen LogP contribution in [0.1, 0.15) is 24.6 Å². The molecular weight excluding hydrogens is 273 g/mol. The summed E-state index contributed by atoms with van der Waals surface area (Å²) < 4.78 is 1.77. The van der Waals surface area contributed by atoms with E-state index in [-0.39, 0.29) is 6.61 Å². The monoisotopic (exact) mass is 283 g/mol. The van der Waals surface area contributed by atoms with Crippen LogP contribution in [-0.4, -0.2) is 20.1 Å². The summed E-state index contributed by atoms with van der Waals surface area (Å²) in [6.07, 6.45) is 2.15. The van der Waals surface area contributed by atoms with Crippen molar-refractivity contribution in [3.8, 4) is 11.3 Å². The van der Waals surface area contributed by atoms with Gasteiger partial charge in [0.15, 0.2) is 0 Å². The maximum Gasteiger partial charge on any atom is 0.121 e. The predicted molar refractivity (Wildman–Crippen MR) is 69.7 cm³/mol. The maximum absolute atomic E-state index is 9.52.